The molecular weight excluding hydrogens is 512 g/mol. The van der Waals surface area contributed by atoms with Gasteiger partial charge in [0.15, 0.2) is 21.3 Å². The quantitative estimate of drug-likeness (QED) is 0.332. The lowest BCUT2D eigenvalue weighted by molar-refractivity contribution is 0.0591. The van der Waals surface area contributed by atoms with Gasteiger partial charge in [0.05, 0.1) is 36.4 Å². The van der Waals surface area contributed by atoms with E-state index >= 15 is 0 Å². The van der Waals surface area contributed by atoms with Crippen molar-refractivity contribution < 1.29 is 28.5 Å². The molecule has 0 spiro atoms. The summed E-state index contributed by atoms with van der Waals surface area (Å²) in [6.07, 6.45) is 1.44. The molecule has 0 bridgehead atoms. The van der Waals surface area contributed by atoms with E-state index < -0.39 is 11.9 Å². The van der Waals surface area contributed by atoms with Gasteiger partial charge >= 0.3 is 11.9 Å². The van der Waals surface area contributed by atoms with Crippen LogP contribution in [0.5, 0.6) is 11.5 Å². The minimum Gasteiger partial charge on any atom is -0.491 e. The van der Waals surface area contributed by atoms with Crippen molar-refractivity contribution in [3.05, 3.63) is 29.5 Å². The van der Waals surface area contributed by atoms with Crippen molar-refractivity contribution in [2.45, 2.75) is 12.8 Å². The van der Waals surface area contributed by atoms with Crippen molar-refractivity contribution >= 4 is 66.5 Å². The van der Waals surface area contributed by atoms with E-state index in [1.54, 1.807) is 10.8 Å². The van der Waals surface area contributed by atoms with E-state index in [4.69, 9.17) is 18.9 Å². The third-order valence-electron chi connectivity index (χ3n) is 3.18. The molecule has 2 aromatic heterocycles. The molecular formula is C16H16Br2O6S2. The van der Waals surface area contributed by atoms with Crippen LogP contribution < -0.4 is 9.47 Å². The first-order valence-corrected chi connectivity index (χ1v) is 10.8. The van der Waals surface area contributed by atoms with Crippen LogP contribution in [0.4, 0.5) is 0 Å². The topological polar surface area (TPSA) is 71.1 Å². The van der Waals surface area contributed by atoms with Crippen LogP contribution in [0.3, 0.4) is 0 Å². The number of thiophene rings is 2. The van der Waals surface area contributed by atoms with Crippen LogP contribution in [-0.4, -0.2) is 39.4 Å². The van der Waals surface area contributed by atoms with Gasteiger partial charge in [-0.2, -0.15) is 0 Å². The molecule has 10 heteroatoms. The molecule has 0 aliphatic heterocycles. The van der Waals surface area contributed by atoms with Crippen LogP contribution in [0.1, 0.15) is 32.2 Å². The molecule has 0 radical (unpaired) electrons. The average Bonchev–Trinajstić information content (AvgIpc) is 3.19. The SMILES string of the molecule is COC(=O)c1scc(Br)c1OCCCCOc1c(Br)csc1C(=O)OC. The van der Waals surface area contributed by atoms with E-state index in [0.29, 0.717) is 34.5 Å². The van der Waals surface area contributed by atoms with Crippen LogP contribution in [-0.2, 0) is 9.47 Å². The summed E-state index contributed by atoms with van der Waals surface area (Å²) < 4.78 is 22.3. The normalized spacial score (nSPS) is 10.5. The molecule has 0 atom stereocenters. The van der Waals surface area contributed by atoms with Crippen LogP contribution in [0, 0.1) is 0 Å². The van der Waals surface area contributed by atoms with Gasteiger partial charge in [0.25, 0.3) is 0 Å². The third kappa shape index (κ3) is 5.21. The summed E-state index contributed by atoms with van der Waals surface area (Å²) in [4.78, 5) is 24.2. The maximum Gasteiger partial charge on any atom is 0.351 e. The van der Waals surface area contributed by atoms with Gasteiger partial charge in [-0.1, -0.05) is 0 Å². The molecule has 142 valence electrons. The molecule has 2 heterocycles. The molecule has 0 N–H and O–H groups in total. The van der Waals surface area contributed by atoms with Crippen molar-refractivity contribution in [3.8, 4) is 11.5 Å². The number of hydrogen-bond donors (Lipinski definition) is 0. The number of halogens is 2. The Labute approximate surface area is 175 Å². The Bertz CT molecular complexity index is 707. The largest absolute Gasteiger partial charge is 0.491 e. The highest BCUT2D eigenvalue weighted by molar-refractivity contribution is 9.11. The summed E-state index contributed by atoms with van der Waals surface area (Å²) >= 11 is 9.26. The van der Waals surface area contributed by atoms with Crippen molar-refractivity contribution in [3.63, 3.8) is 0 Å². The second-order valence-corrected chi connectivity index (χ2v) is 8.34. The van der Waals surface area contributed by atoms with E-state index in [1.807, 2.05) is 0 Å². The molecule has 0 fully saturated rings. The van der Waals surface area contributed by atoms with Gasteiger partial charge in [0.2, 0.25) is 0 Å². The van der Waals surface area contributed by atoms with Crippen molar-refractivity contribution in [1.82, 2.24) is 0 Å². The van der Waals surface area contributed by atoms with Crippen LogP contribution in [0.15, 0.2) is 19.7 Å². The first kappa shape index (κ1) is 21.2. The minimum absolute atomic E-state index is 0.420. The highest BCUT2D eigenvalue weighted by atomic mass is 79.9. The predicted molar refractivity (Wildman–Crippen MR) is 107 cm³/mol. The maximum absolute atomic E-state index is 11.7. The first-order chi connectivity index (χ1) is 12.5. The molecule has 0 saturated heterocycles. The minimum atomic E-state index is -0.420. The summed E-state index contributed by atoms with van der Waals surface area (Å²) in [5, 5.41) is 3.57. The Hall–Kier alpha value is -1.10. The predicted octanol–water partition coefficient (Wildman–Crippen LogP) is 5.15. The van der Waals surface area contributed by atoms with Gasteiger partial charge in [-0.25, -0.2) is 9.59 Å². The van der Waals surface area contributed by atoms with Gasteiger partial charge in [-0.05, 0) is 44.7 Å². The fourth-order valence-electron chi connectivity index (χ4n) is 1.94. The number of carbonyl (C=O) groups excluding carboxylic acids is 2. The van der Waals surface area contributed by atoms with Crippen molar-refractivity contribution in [1.29, 1.82) is 0 Å². The van der Waals surface area contributed by atoms with E-state index in [-0.39, 0.29) is 0 Å². The lowest BCUT2D eigenvalue weighted by Gasteiger charge is -2.09. The van der Waals surface area contributed by atoms with Gasteiger partial charge in [-0.3, -0.25) is 0 Å². The van der Waals surface area contributed by atoms with E-state index in [9.17, 15) is 9.59 Å². The monoisotopic (exact) mass is 526 g/mol. The Morgan fingerprint density at radius 2 is 1.23 bits per heavy atom. The Morgan fingerprint density at radius 1 is 0.846 bits per heavy atom. The lowest BCUT2D eigenvalue weighted by atomic mass is 10.3. The third-order valence-corrected chi connectivity index (χ3v) is 6.85. The number of hydrogen-bond acceptors (Lipinski definition) is 8. The van der Waals surface area contributed by atoms with Crippen molar-refractivity contribution in [2.24, 2.45) is 0 Å². The second-order valence-electron chi connectivity index (χ2n) is 4.87. The van der Waals surface area contributed by atoms with Gasteiger partial charge in [-0.15, -0.1) is 22.7 Å². The Morgan fingerprint density at radius 3 is 1.58 bits per heavy atom. The second kappa shape index (κ2) is 10.3. The molecule has 0 aliphatic rings. The molecule has 0 saturated carbocycles. The molecule has 0 unspecified atom stereocenters. The summed E-state index contributed by atoms with van der Waals surface area (Å²) in [6, 6.07) is 0. The average molecular weight is 528 g/mol. The Balaban J connectivity index is 1.79. The molecule has 2 aromatic rings. The van der Waals surface area contributed by atoms with Crippen LogP contribution in [0.2, 0.25) is 0 Å². The molecule has 0 aliphatic carbocycles. The summed E-state index contributed by atoms with van der Waals surface area (Å²) in [7, 11) is 2.67. The summed E-state index contributed by atoms with van der Waals surface area (Å²) in [5.41, 5.74) is 0. The van der Waals surface area contributed by atoms with Gasteiger partial charge in [0.1, 0.15) is 0 Å². The Kier molecular flexibility index (Phi) is 8.39. The van der Waals surface area contributed by atoms with E-state index in [0.717, 1.165) is 21.8 Å². The number of methoxy groups -OCH3 is 2. The highest BCUT2D eigenvalue weighted by Crippen LogP contribution is 2.36. The van der Waals surface area contributed by atoms with Crippen LogP contribution in [0.25, 0.3) is 0 Å². The smallest absolute Gasteiger partial charge is 0.351 e. The maximum atomic E-state index is 11.7. The molecule has 0 amide bonds. The summed E-state index contributed by atoms with van der Waals surface area (Å²) in [5.74, 6) is 0.154. The fourth-order valence-corrected chi connectivity index (χ4v) is 4.96. The lowest BCUT2D eigenvalue weighted by Crippen LogP contribution is -2.07. The number of esters is 2. The zero-order chi connectivity index (χ0) is 19.1. The fraction of sp³-hybridized carbons (Fsp3) is 0.375. The molecule has 6 nitrogen and oxygen atoms in total. The molecule has 2 rings (SSSR count). The molecule has 26 heavy (non-hydrogen) atoms. The number of carbonyl (C=O) groups is 2. The zero-order valence-corrected chi connectivity index (χ0v) is 18.8. The summed E-state index contributed by atoms with van der Waals surface area (Å²) in [6.45, 7) is 0.856. The standard InChI is InChI=1S/C16H16Br2O6S2/c1-21-15(19)13-11(9(17)7-25-13)23-5-3-4-6-24-12-10(18)8-26-14(12)16(20)22-2/h7-8H,3-6H2,1-2H3. The highest BCUT2D eigenvalue weighted by Gasteiger charge is 2.20. The van der Waals surface area contributed by atoms with E-state index in [2.05, 4.69) is 31.9 Å². The number of ether oxygens (including phenoxy) is 4. The van der Waals surface area contributed by atoms with E-state index in [1.165, 1.54) is 36.9 Å². The van der Waals surface area contributed by atoms with Gasteiger partial charge in [0, 0.05) is 10.8 Å². The van der Waals surface area contributed by atoms with Crippen molar-refractivity contribution in [2.75, 3.05) is 27.4 Å². The van der Waals surface area contributed by atoms with Crippen LogP contribution >= 0.6 is 54.5 Å². The number of unbranched alkanes of at least 4 members (excludes halogenated alkanes) is 1. The first-order valence-electron chi connectivity index (χ1n) is 7.45. The molecule has 0 aromatic carbocycles. The van der Waals surface area contributed by atoms with Gasteiger partial charge < -0.3 is 18.9 Å². The zero-order valence-electron chi connectivity index (χ0n) is 14.0. The number of rotatable bonds is 9.